The molecule has 5 heteroatoms. The van der Waals surface area contributed by atoms with Gasteiger partial charge in [0, 0.05) is 24.4 Å². The lowest BCUT2D eigenvalue weighted by atomic mass is 9.98. The van der Waals surface area contributed by atoms with Gasteiger partial charge in [-0.15, -0.1) is 0 Å². The lowest BCUT2D eigenvalue weighted by molar-refractivity contribution is -0.138. The Morgan fingerprint density at radius 2 is 1.81 bits per heavy atom. The molecule has 0 radical (unpaired) electrons. The highest BCUT2D eigenvalue weighted by Crippen LogP contribution is 2.27. The van der Waals surface area contributed by atoms with E-state index in [4.69, 9.17) is 9.15 Å². The van der Waals surface area contributed by atoms with E-state index in [1.54, 1.807) is 4.90 Å². The van der Waals surface area contributed by atoms with Crippen molar-refractivity contribution in [3.63, 3.8) is 0 Å². The number of hydrogen-bond acceptors (Lipinski definition) is 4. The van der Waals surface area contributed by atoms with Gasteiger partial charge in [-0.25, -0.2) is 0 Å². The quantitative estimate of drug-likeness (QED) is 0.540. The number of nitrogens with zero attached hydrogens (tertiary/aromatic N) is 1. The molecule has 0 N–H and O–H groups in total. The summed E-state index contributed by atoms with van der Waals surface area (Å²) in [7, 11) is 0. The van der Waals surface area contributed by atoms with Gasteiger partial charge in [-0.05, 0) is 44.4 Å². The van der Waals surface area contributed by atoms with Gasteiger partial charge in [0.1, 0.15) is 16.9 Å². The molecule has 0 fully saturated rings. The van der Waals surface area contributed by atoms with E-state index in [9.17, 15) is 9.59 Å². The second-order valence-electron chi connectivity index (χ2n) is 8.58. The van der Waals surface area contributed by atoms with Gasteiger partial charge in [0.2, 0.25) is 0 Å². The molecule has 5 nitrogen and oxygen atoms in total. The van der Waals surface area contributed by atoms with Crippen LogP contribution in [0, 0.1) is 0 Å². The van der Waals surface area contributed by atoms with Crippen molar-refractivity contribution in [3.8, 4) is 0 Å². The van der Waals surface area contributed by atoms with E-state index in [-0.39, 0.29) is 23.9 Å². The molecule has 2 heterocycles. The standard InChI is InChI=1S/C26H27NO4/c1-26(2)17-21(28)16-24(31-26)25(29)27(14-8-11-19-9-4-3-5-10-19)18-22-15-20-12-6-7-13-23(20)30-22/h3-7,9-10,12-13,15-16H,8,11,14,17-18H2,1-2H3. The van der Waals surface area contributed by atoms with E-state index in [1.165, 1.54) is 11.6 Å². The van der Waals surface area contributed by atoms with Gasteiger partial charge in [0.15, 0.2) is 11.5 Å². The van der Waals surface area contributed by atoms with E-state index in [0.717, 1.165) is 23.8 Å². The van der Waals surface area contributed by atoms with Gasteiger partial charge in [-0.3, -0.25) is 9.59 Å². The molecular formula is C26H27NO4. The zero-order valence-electron chi connectivity index (χ0n) is 18.0. The first kappa shape index (κ1) is 20.9. The summed E-state index contributed by atoms with van der Waals surface area (Å²) in [5.74, 6) is 0.440. The lowest BCUT2D eigenvalue weighted by Crippen LogP contribution is -2.39. The van der Waals surface area contributed by atoms with E-state index in [1.807, 2.05) is 62.4 Å². The van der Waals surface area contributed by atoms with Gasteiger partial charge >= 0.3 is 0 Å². The number of ketones is 1. The molecule has 0 saturated carbocycles. The van der Waals surface area contributed by atoms with Crippen LogP contribution in [0.1, 0.15) is 38.0 Å². The van der Waals surface area contributed by atoms with E-state index in [0.29, 0.717) is 18.8 Å². The zero-order valence-corrected chi connectivity index (χ0v) is 18.0. The number of furan rings is 1. The maximum absolute atomic E-state index is 13.3. The number of rotatable bonds is 7. The largest absolute Gasteiger partial charge is 0.481 e. The average Bonchev–Trinajstić information content (AvgIpc) is 3.14. The monoisotopic (exact) mass is 417 g/mol. The van der Waals surface area contributed by atoms with Gasteiger partial charge in [0.05, 0.1) is 6.54 Å². The predicted molar refractivity (Wildman–Crippen MR) is 119 cm³/mol. The van der Waals surface area contributed by atoms with Crippen molar-refractivity contribution in [2.24, 2.45) is 0 Å². The molecule has 160 valence electrons. The van der Waals surface area contributed by atoms with Gasteiger partial charge in [-0.1, -0.05) is 48.5 Å². The number of allylic oxidation sites excluding steroid dienone is 1. The SMILES string of the molecule is CC1(C)CC(=O)C=C(C(=O)N(CCCc2ccccc2)Cc2cc3ccccc3o2)O1. The minimum absolute atomic E-state index is 0.0902. The van der Waals surface area contributed by atoms with Gasteiger partial charge < -0.3 is 14.1 Å². The Hall–Kier alpha value is -3.34. The molecule has 3 aromatic rings. The summed E-state index contributed by atoms with van der Waals surface area (Å²) in [4.78, 5) is 27.2. The molecule has 0 unspecified atom stereocenters. The van der Waals surface area contributed by atoms with Crippen LogP contribution in [0.2, 0.25) is 0 Å². The van der Waals surface area contributed by atoms with Crippen LogP contribution in [-0.2, 0) is 27.3 Å². The third-order valence-corrected chi connectivity index (χ3v) is 5.34. The number of benzene rings is 2. The number of fused-ring (bicyclic) bond motifs is 1. The van der Waals surface area contributed by atoms with Crippen molar-refractivity contribution in [2.45, 2.75) is 45.3 Å². The highest BCUT2D eigenvalue weighted by Gasteiger charge is 2.33. The van der Waals surface area contributed by atoms with Gasteiger partial charge in [0.25, 0.3) is 5.91 Å². The fourth-order valence-electron chi connectivity index (χ4n) is 3.92. The molecule has 1 aliphatic rings. The third-order valence-electron chi connectivity index (χ3n) is 5.34. The van der Waals surface area contributed by atoms with Crippen LogP contribution in [0.25, 0.3) is 11.0 Å². The molecule has 0 bridgehead atoms. The zero-order chi connectivity index (χ0) is 21.8. The van der Waals surface area contributed by atoms with Crippen molar-refractivity contribution in [3.05, 3.63) is 83.8 Å². The summed E-state index contributed by atoms with van der Waals surface area (Å²) in [5.41, 5.74) is 1.33. The summed E-state index contributed by atoms with van der Waals surface area (Å²) in [6.07, 6.45) is 3.24. The van der Waals surface area contributed by atoms with Crippen molar-refractivity contribution in [2.75, 3.05) is 6.54 Å². The Balaban J connectivity index is 1.53. The van der Waals surface area contributed by atoms with Crippen molar-refractivity contribution < 1.29 is 18.7 Å². The van der Waals surface area contributed by atoms with Crippen LogP contribution >= 0.6 is 0 Å². The maximum atomic E-state index is 13.3. The number of para-hydroxylation sites is 1. The van der Waals surface area contributed by atoms with Crippen LogP contribution < -0.4 is 0 Å². The molecule has 0 saturated heterocycles. The summed E-state index contributed by atoms with van der Waals surface area (Å²) in [6, 6.07) is 19.9. The minimum Gasteiger partial charge on any atom is -0.481 e. The van der Waals surface area contributed by atoms with Crippen molar-refractivity contribution in [1.82, 2.24) is 4.90 Å². The number of amides is 1. The normalized spacial score (nSPS) is 15.4. The van der Waals surface area contributed by atoms with Crippen LogP contribution in [0.5, 0.6) is 0 Å². The predicted octanol–water partition coefficient (Wildman–Crippen LogP) is 5.05. The summed E-state index contributed by atoms with van der Waals surface area (Å²) < 4.78 is 11.8. The first-order valence-electron chi connectivity index (χ1n) is 10.6. The van der Waals surface area contributed by atoms with Crippen molar-refractivity contribution >= 4 is 22.7 Å². The number of ether oxygens (including phenoxy) is 1. The minimum atomic E-state index is -0.689. The lowest BCUT2D eigenvalue weighted by Gasteiger charge is -2.32. The number of carbonyl (C=O) groups excluding carboxylic acids is 2. The molecule has 1 amide bonds. The van der Waals surface area contributed by atoms with Crippen LogP contribution in [0.4, 0.5) is 0 Å². The van der Waals surface area contributed by atoms with E-state index >= 15 is 0 Å². The summed E-state index contributed by atoms with van der Waals surface area (Å²) >= 11 is 0. The number of carbonyl (C=O) groups is 2. The topological polar surface area (TPSA) is 59.8 Å². The van der Waals surface area contributed by atoms with Gasteiger partial charge in [-0.2, -0.15) is 0 Å². The summed E-state index contributed by atoms with van der Waals surface area (Å²) in [5, 5.41) is 0.999. The Morgan fingerprint density at radius 1 is 1.06 bits per heavy atom. The molecule has 1 aliphatic heterocycles. The first-order chi connectivity index (χ1) is 14.9. The highest BCUT2D eigenvalue weighted by molar-refractivity contribution is 6.01. The van der Waals surface area contributed by atoms with Crippen LogP contribution in [-0.4, -0.2) is 28.7 Å². The second-order valence-corrected chi connectivity index (χ2v) is 8.58. The fraction of sp³-hybridized carbons (Fsp3) is 0.308. The smallest absolute Gasteiger partial charge is 0.289 e. The average molecular weight is 418 g/mol. The fourth-order valence-corrected chi connectivity index (χ4v) is 3.92. The Labute approximate surface area is 182 Å². The third kappa shape index (κ3) is 5.23. The molecule has 2 aromatic carbocycles. The second kappa shape index (κ2) is 8.80. The number of hydrogen-bond donors (Lipinski definition) is 0. The van der Waals surface area contributed by atoms with E-state index < -0.39 is 5.60 Å². The van der Waals surface area contributed by atoms with Crippen molar-refractivity contribution in [1.29, 1.82) is 0 Å². The Kier molecular flexibility index (Phi) is 5.94. The molecule has 31 heavy (non-hydrogen) atoms. The Bertz CT molecular complexity index is 1080. The Morgan fingerprint density at radius 3 is 2.55 bits per heavy atom. The molecule has 0 aliphatic carbocycles. The number of aryl methyl sites for hydroxylation is 1. The maximum Gasteiger partial charge on any atom is 0.289 e. The van der Waals surface area contributed by atoms with Crippen LogP contribution in [0.15, 0.2) is 76.9 Å². The van der Waals surface area contributed by atoms with Crippen LogP contribution in [0.3, 0.4) is 0 Å². The molecule has 0 spiro atoms. The summed E-state index contributed by atoms with van der Waals surface area (Å²) in [6.45, 7) is 4.49. The molecule has 1 aromatic heterocycles. The highest BCUT2D eigenvalue weighted by atomic mass is 16.5. The van der Waals surface area contributed by atoms with E-state index in [2.05, 4.69) is 12.1 Å². The molecule has 4 rings (SSSR count). The molecule has 0 atom stereocenters. The molecular weight excluding hydrogens is 390 g/mol. The first-order valence-corrected chi connectivity index (χ1v) is 10.6.